The van der Waals surface area contributed by atoms with Crippen molar-refractivity contribution in [3.63, 3.8) is 0 Å². The van der Waals surface area contributed by atoms with E-state index in [0.29, 0.717) is 12.8 Å². The Morgan fingerprint density at radius 1 is 1.60 bits per heavy atom. The van der Waals surface area contributed by atoms with Gasteiger partial charge >= 0.3 is 6.09 Å². The topological polar surface area (TPSA) is 66.4 Å². The number of rotatable bonds is 2. The van der Waals surface area contributed by atoms with Crippen LogP contribution in [0, 0.1) is 5.92 Å². The molecule has 4 heteroatoms. The molecule has 0 aromatic carbocycles. The maximum atomic E-state index is 10.0. The largest absolute Gasteiger partial charge is 0.465 e. The minimum atomic E-state index is -1.01. The summed E-state index contributed by atoms with van der Waals surface area (Å²) in [6, 6.07) is 0.00713. The highest BCUT2D eigenvalue weighted by Gasteiger charge is 2.29. The Balaban J connectivity index is 2.14. The maximum absolute atomic E-state index is 10.0. The molecule has 0 aromatic rings. The van der Waals surface area contributed by atoms with Gasteiger partial charge in [0.15, 0.2) is 0 Å². The normalized spacial score (nSPS) is 30.4. The third-order valence-corrected chi connectivity index (χ3v) is 1.69. The monoisotopic (exact) mass is 143 g/mol. The van der Waals surface area contributed by atoms with Crippen molar-refractivity contribution >= 4 is 12.4 Å². The molecule has 1 aliphatic rings. The molecule has 0 aromatic heterocycles. The number of aldehydes is 1. The van der Waals surface area contributed by atoms with E-state index in [1.165, 1.54) is 0 Å². The second-order valence-electron chi connectivity index (χ2n) is 2.51. The van der Waals surface area contributed by atoms with E-state index in [4.69, 9.17) is 5.11 Å². The molecule has 0 unspecified atom stereocenters. The molecule has 0 saturated heterocycles. The molecule has 2 N–H and O–H groups in total. The lowest BCUT2D eigenvalue weighted by atomic mass is 9.81. The fourth-order valence-corrected chi connectivity index (χ4v) is 1.07. The smallest absolute Gasteiger partial charge is 0.404 e. The van der Waals surface area contributed by atoms with E-state index < -0.39 is 6.09 Å². The highest BCUT2D eigenvalue weighted by Crippen LogP contribution is 2.24. The van der Waals surface area contributed by atoms with Gasteiger partial charge in [-0.2, -0.15) is 0 Å². The van der Waals surface area contributed by atoms with Crippen molar-refractivity contribution in [1.82, 2.24) is 5.32 Å². The summed E-state index contributed by atoms with van der Waals surface area (Å²) < 4.78 is 0. The van der Waals surface area contributed by atoms with Gasteiger partial charge < -0.3 is 15.2 Å². The fourth-order valence-electron chi connectivity index (χ4n) is 1.07. The number of carbonyl (C=O) groups is 2. The highest BCUT2D eigenvalue weighted by atomic mass is 16.4. The number of hydrogen-bond donors (Lipinski definition) is 2. The van der Waals surface area contributed by atoms with E-state index in [2.05, 4.69) is 5.32 Å². The lowest BCUT2D eigenvalue weighted by molar-refractivity contribution is -0.113. The molecular formula is C6H9NO3. The lowest BCUT2D eigenvalue weighted by Gasteiger charge is -2.30. The predicted octanol–water partition coefficient (Wildman–Crippen LogP) is 0.231. The molecule has 0 atom stereocenters. The van der Waals surface area contributed by atoms with Crippen molar-refractivity contribution in [3.05, 3.63) is 0 Å². The van der Waals surface area contributed by atoms with Gasteiger partial charge in [0.25, 0.3) is 0 Å². The summed E-state index contributed by atoms with van der Waals surface area (Å²) in [6.45, 7) is 0. The van der Waals surface area contributed by atoms with Crippen molar-refractivity contribution in [1.29, 1.82) is 0 Å². The van der Waals surface area contributed by atoms with E-state index in [1.54, 1.807) is 0 Å². The Hall–Kier alpha value is -1.06. The van der Waals surface area contributed by atoms with E-state index in [1.807, 2.05) is 0 Å². The van der Waals surface area contributed by atoms with Crippen LogP contribution in [0.4, 0.5) is 4.79 Å². The van der Waals surface area contributed by atoms with Crippen molar-refractivity contribution in [3.8, 4) is 0 Å². The van der Waals surface area contributed by atoms with Gasteiger partial charge in [0.05, 0.1) is 0 Å². The number of amides is 1. The average molecular weight is 143 g/mol. The van der Waals surface area contributed by atoms with E-state index in [-0.39, 0.29) is 12.0 Å². The first kappa shape index (κ1) is 7.05. The van der Waals surface area contributed by atoms with Gasteiger partial charge in [-0.3, -0.25) is 0 Å². The molecule has 0 heterocycles. The summed E-state index contributed by atoms with van der Waals surface area (Å²) in [6.07, 6.45) is 1.19. The summed E-state index contributed by atoms with van der Waals surface area (Å²) in [4.78, 5) is 20.0. The molecule has 56 valence electrons. The average Bonchev–Trinajstić information content (AvgIpc) is 1.76. The van der Waals surface area contributed by atoms with Gasteiger partial charge in [-0.05, 0) is 12.8 Å². The Labute approximate surface area is 58.2 Å². The number of carbonyl (C=O) groups excluding carboxylic acids is 1. The first-order valence-corrected chi connectivity index (χ1v) is 3.17. The minimum absolute atomic E-state index is 0.00713. The molecular weight excluding hydrogens is 134 g/mol. The maximum Gasteiger partial charge on any atom is 0.404 e. The summed E-state index contributed by atoms with van der Waals surface area (Å²) in [5, 5.41) is 10.5. The minimum Gasteiger partial charge on any atom is -0.465 e. The van der Waals surface area contributed by atoms with Gasteiger partial charge in [0.2, 0.25) is 0 Å². The van der Waals surface area contributed by atoms with Gasteiger partial charge in [0, 0.05) is 12.0 Å². The zero-order valence-corrected chi connectivity index (χ0v) is 5.41. The molecule has 0 radical (unpaired) electrons. The van der Waals surface area contributed by atoms with Crippen LogP contribution >= 0.6 is 0 Å². The van der Waals surface area contributed by atoms with E-state index >= 15 is 0 Å². The van der Waals surface area contributed by atoms with Crippen LogP contribution in [0.15, 0.2) is 0 Å². The molecule has 1 fully saturated rings. The van der Waals surface area contributed by atoms with Crippen LogP contribution in [-0.4, -0.2) is 23.5 Å². The van der Waals surface area contributed by atoms with Crippen LogP contribution in [0.1, 0.15) is 12.8 Å². The Morgan fingerprint density at radius 3 is 2.60 bits per heavy atom. The van der Waals surface area contributed by atoms with Crippen LogP contribution < -0.4 is 5.32 Å². The molecule has 1 amide bonds. The van der Waals surface area contributed by atoms with Crippen molar-refractivity contribution in [2.24, 2.45) is 5.92 Å². The standard InChI is InChI=1S/C6H9NO3/c8-3-4-1-5(2-4)7-6(9)10/h3-5,7H,1-2H2,(H,9,10)/t4-,5-. The Morgan fingerprint density at radius 2 is 2.20 bits per heavy atom. The summed E-state index contributed by atoms with van der Waals surface area (Å²) in [5.41, 5.74) is 0. The van der Waals surface area contributed by atoms with Gasteiger partial charge in [-0.1, -0.05) is 0 Å². The number of carboxylic acid groups (broad SMARTS) is 1. The molecule has 1 saturated carbocycles. The SMILES string of the molecule is O=C[C@H]1C[C@H](NC(=O)O)C1. The van der Waals surface area contributed by atoms with E-state index in [0.717, 1.165) is 6.29 Å². The predicted molar refractivity (Wildman–Crippen MR) is 33.7 cm³/mol. The summed E-state index contributed by atoms with van der Waals surface area (Å²) in [7, 11) is 0. The Kier molecular flexibility index (Phi) is 1.89. The Bertz CT molecular complexity index is 151. The van der Waals surface area contributed by atoms with Gasteiger partial charge in [-0.25, -0.2) is 4.79 Å². The summed E-state index contributed by atoms with van der Waals surface area (Å²) in [5.74, 6) is 0.0804. The second kappa shape index (κ2) is 2.68. The van der Waals surface area contributed by atoms with Gasteiger partial charge in [0.1, 0.15) is 6.29 Å². The zero-order valence-electron chi connectivity index (χ0n) is 5.41. The van der Waals surface area contributed by atoms with Crippen LogP contribution in [-0.2, 0) is 4.79 Å². The van der Waals surface area contributed by atoms with Crippen molar-refractivity contribution in [2.75, 3.05) is 0 Å². The lowest BCUT2D eigenvalue weighted by Crippen LogP contribution is -2.44. The first-order valence-electron chi connectivity index (χ1n) is 3.17. The number of hydrogen-bond acceptors (Lipinski definition) is 2. The van der Waals surface area contributed by atoms with Crippen molar-refractivity contribution < 1.29 is 14.7 Å². The summed E-state index contributed by atoms with van der Waals surface area (Å²) >= 11 is 0. The third kappa shape index (κ3) is 1.46. The third-order valence-electron chi connectivity index (χ3n) is 1.69. The molecule has 0 aliphatic heterocycles. The van der Waals surface area contributed by atoms with E-state index in [9.17, 15) is 9.59 Å². The fraction of sp³-hybridized carbons (Fsp3) is 0.667. The molecule has 0 spiro atoms. The molecule has 10 heavy (non-hydrogen) atoms. The molecule has 4 nitrogen and oxygen atoms in total. The molecule has 1 aliphatic carbocycles. The van der Waals surface area contributed by atoms with Crippen LogP contribution in [0.5, 0.6) is 0 Å². The van der Waals surface area contributed by atoms with Crippen LogP contribution in [0.25, 0.3) is 0 Å². The quantitative estimate of drug-likeness (QED) is 0.544. The van der Waals surface area contributed by atoms with Crippen LogP contribution in [0.2, 0.25) is 0 Å². The first-order chi connectivity index (χ1) is 4.72. The van der Waals surface area contributed by atoms with Gasteiger partial charge in [-0.15, -0.1) is 0 Å². The van der Waals surface area contributed by atoms with Crippen LogP contribution in [0.3, 0.4) is 0 Å². The zero-order chi connectivity index (χ0) is 7.56. The molecule has 0 bridgehead atoms. The highest BCUT2D eigenvalue weighted by molar-refractivity contribution is 5.65. The number of nitrogens with one attached hydrogen (secondary N) is 1. The second-order valence-corrected chi connectivity index (χ2v) is 2.51. The molecule has 1 rings (SSSR count). The van der Waals surface area contributed by atoms with Crippen molar-refractivity contribution in [2.45, 2.75) is 18.9 Å².